The van der Waals surface area contributed by atoms with Crippen LogP contribution in [0.5, 0.6) is 0 Å². The highest BCUT2D eigenvalue weighted by Crippen LogP contribution is 2.22. The van der Waals surface area contributed by atoms with Crippen LogP contribution in [0.4, 0.5) is 13.2 Å². The summed E-state index contributed by atoms with van der Waals surface area (Å²) in [4.78, 5) is 4.36. The molecule has 1 aromatic heterocycles. The first-order valence-corrected chi connectivity index (χ1v) is 12.6. The molecule has 146 valence electrons. The summed E-state index contributed by atoms with van der Waals surface area (Å²) in [7, 11) is -1.12. The van der Waals surface area contributed by atoms with E-state index >= 15 is 0 Å². The highest BCUT2D eigenvalue weighted by atomic mass is 28.3. The molecular weight excluding hydrogens is 359 g/mol. The van der Waals surface area contributed by atoms with E-state index in [1.807, 2.05) is 29.7 Å². The van der Waals surface area contributed by atoms with Crippen LogP contribution >= 0.6 is 0 Å². The van der Waals surface area contributed by atoms with Crippen LogP contribution in [0.1, 0.15) is 24.9 Å². The van der Waals surface area contributed by atoms with Crippen molar-refractivity contribution in [2.75, 3.05) is 13.2 Å². The third-order valence-corrected chi connectivity index (χ3v) is 5.93. The minimum absolute atomic E-state index is 0.0955. The second kappa shape index (κ2) is 8.54. The zero-order valence-electron chi connectivity index (χ0n) is 15.9. The fourth-order valence-electron chi connectivity index (χ4n) is 2.54. The number of benzene rings is 1. The van der Waals surface area contributed by atoms with Gasteiger partial charge >= 0.3 is 6.18 Å². The van der Waals surface area contributed by atoms with Crippen molar-refractivity contribution < 1.29 is 17.9 Å². The van der Waals surface area contributed by atoms with Gasteiger partial charge < -0.3 is 14.6 Å². The van der Waals surface area contributed by atoms with Crippen LogP contribution in [-0.2, 0) is 11.5 Å². The van der Waals surface area contributed by atoms with Crippen molar-refractivity contribution >= 4 is 19.1 Å². The summed E-state index contributed by atoms with van der Waals surface area (Å²) < 4.78 is 44.6. The molecule has 0 fully saturated rings. The zero-order chi connectivity index (χ0) is 19.4. The summed E-state index contributed by atoms with van der Waals surface area (Å²) in [5.41, 5.74) is 2.72. The van der Waals surface area contributed by atoms with E-state index in [0.29, 0.717) is 6.73 Å². The van der Waals surface area contributed by atoms with E-state index in [4.69, 9.17) is 4.74 Å². The summed E-state index contributed by atoms with van der Waals surface area (Å²) in [6, 6.07) is 6.70. The maximum atomic E-state index is 12.3. The Labute approximate surface area is 153 Å². The predicted octanol–water partition coefficient (Wildman–Crippen LogP) is 4.95. The van der Waals surface area contributed by atoms with Gasteiger partial charge in [-0.25, -0.2) is 4.98 Å². The summed E-state index contributed by atoms with van der Waals surface area (Å²) >= 11 is 0. The quantitative estimate of drug-likeness (QED) is 0.489. The van der Waals surface area contributed by atoms with Crippen molar-refractivity contribution in [1.82, 2.24) is 14.9 Å². The number of hydrogen-bond acceptors (Lipinski definition) is 3. The molecule has 0 aliphatic heterocycles. The van der Waals surface area contributed by atoms with Crippen molar-refractivity contribution in [2.24, 2.45) is 0 Å². The van der Waals surface area contributed by atoms with Gasteiger partial charge in [-0.05, 0) is 30.7 Å². The first-order chi connectivity index (χ1) is 12.1. The van der Waals surface area contributed by atoms with Gasteiger partial charge in [0.15, 0.2) is 0 Å². The molecule has 0 radical (unpaired) electrons. The Morgan fingerprint density at radius 1 is 1.27 bits per heavy atom. The topological polar surface area (TPSA) is 39.1 Å². The van der Waals surface area contributed by atoms with Crippen LogP contribution in [0.25, 0.3) is 11.0 Å². The molecule has 26 heavy (non-hydrogen) atoms. The number of rotatable bonds is 9. The van der Waals surface area contributed by atoms with Gasteiger partial charge in [-0.3, -0.25) is 0 Å². The van der Waals surface area contributed by atoms with Crippen LogP contribution in [0.3, 0.4) is 0 Å². The third-order valence-electron chi connectivity index (χ3n) is 4.23. The Morgan fingerprint density at radius 3 is 2.65 bits per heavy atom. The Morgan fingerprint density at radius 2 is 2.00 bits per heavy atom. The molecule has 0 aliphatic carbocycles. The number of imidazole rings is 1. The second-order valence-corrected chi connectivity index (χ2v) is 13.5. The molecule has 0 bridgehead atoms. The lowest BCUT2D eigenvalue weighted by Crippen LogP contribution is -2.24. The fraction of sp³-hybridized carbons (Fsp3) is 0.611. The zero-order valence-corrected chi connectivity index (χ0v) is 16.9. The fourth-order valence-corrected chi connectivity index (χ4v) is 3.29. The monoisotopic (exact) mass is 387 g/mol. The van der Waals surface area contributed by atoms with Gasteiger partial charge in [0.2, 0.25) is 0 Å². The number of ether oxygens (including phenoxy) is 1. The van der Waals surface area contributed by atoms with E-state index in [1.165, 1.54) is 0 Å². The lowest BCUT2D eigenvalue weighted by Gasteiger charge is -2.16. The SMILES string of the molecule is C[C@@H](NCCC(F)(F)F)c1ccc2ncn(COCC[Si](C)(C)C)c2c1. The molecular formula is C18H28F3N3OSi. The van der Waals surface area contributed by atoms with Gasteiger partial charge in [0.1, 0.15) is 6.73 Å². The molecule has 0 unspecified atom stereocenters. The highest BCUT2D eigenvalue weighted by Gasteiger charge is 2.26. The number of aromatic nitrogens is 2. The minimum atomic E-state index is -4.14. The largest absolute Gasteiger partial charge is 0.390 e. The van der Waals surface area contributed by atoms with Gasteiger partial charge in [-0.2, -0.15) is 13.2 Å². The molecule has 0 aliphatic rings. The summed E-state index contributed by atoms with van der Waals surface area (Å²) in [6.45, 7) is 9.85. The van der Waals surface area contributed by atoms with Crippen LogP contribution in [0.15, 0.2) is 24.5 Å². The number of fused-ring (bicyclic) bond motifs is 1. The summed E-state index contributed by atoms with van der Waals surface area (Å²) in [5, 5.41) is 2.92. The van der Waals surface area contributed by atoms with Gasteiger partial charge in [-0.1, -0.05) is 25.7 Å². The molecule has 0 spiro atoms. The molecule has 2 aromatic rings. The molecule has 0 amide bonds. The highest BCUT2D eigenvalue weighted by molar-refractivity contribution is 6.76. The van der Waals surface area contributed by atoms with Gasteiger partial charge in [0, 0.05) is 27.3 Å². The first kappa shape index (κ1) is 20.9. The average molecular weight is 388 g/mol. The smallest absolute Gasteiger partial charge is 0.361 e. The van der Waals surface area contributed by atoms with Gasteiger partial charge in [0.25, 0.3) is 0 Å². The standard InChI is InChI=1S/C18H28F3N3OSi/c1-14(22-8-7-18(19,20)21)15-5-6-16-17(11-15)24(12-23-16)13-25-9-10-26(2,3)4/h5-6,11-12,14,22H,7-10,13H2,1-4H3/t14-/m1/s1. The van der Waals surface area contributed by atoms with E-state index in [9.17, 15) is 13.2 Å². The first-order valence-electron chi connectivity index (χ1n) is 8.88. The third kappa shape index (κ3) is 6.73. The molecule has 8 heteroatoms. The normalized spacial score (nSPS) is 14.1. The average Bonchev–Trinajstić information content (AvgIpc) is 2.91. The van der Waals surface area contributed by atoms with E-state index < -0.39 is 20.7 Å². The Kier molecular flexibility index (Phi) is 6.87. The van der Waals surface area contributed by atoms with Crippen LogP contribution < -0.4 is 5.32 Å². The number of nitrogens with zero attached hydrogens (tertiary/aromatic N) is 2. The van der Waals surface area contributed by atoms with Crippen LogP contribution in [-0.4, -0.2) is 37.0 Å². The minimum Gasteiger partial charge on any atom is -0.361 e. The second-order valence-electron chi connectivity index (χ2n) is 7.85. The molecule has 1 heterocycles. The van der Waals surface area contributed by atoms with Crippen LogP contribution in [0.2, 0.25) is 25.7 Å². The van der Waals surface area contributed by atoms with Gasteiger partial charge in [0.05, 0.1) is 23.8 Å². The Balaban J connectivity index is 1.98. The van der Waals surface area contributed by atoms with Crippen molar-refractivity contribution in [3.05, 3.63) is 30.1 Å². The van der Waals surface area contributed by atoms with E-state index in [1.54, 1.807) is 6.33 Å². The van der Waals surface area contributed by atoms with Gasteiger partial charge in [-0.15, -0.1) is 0 Å². The van der Waals surface area contributed by atoms with E-state index in [-0.39, 0.29) is 12.6 Å². The maximum absolute atomic E-state index is 12.3. The van der Waals surface area contributed by atoms with Crippen molar-refractivity contribution in [3.8, 4) is 0 Å². The Hall–Kier alpha value is -1.38. The lowest BCUT2D eigenvalue weighted by atomic mass is 10.1. The molecule has 0 saturated heterocycles. The summed E-state index contributed by atoms with van der Waals surface area (Å²) in [6.07, 6.45) is -3.23. The molecule has 2 rings (SSSR count). The van der Waals surface area contributed by atoms with Crippen molar-refractivity contribution in [2.45, 2.75) is 58.0 Å². The van der Waals surface area contributed by atoms with E-state index in [0.717, 1.165) is 29.2 Å². The molecule has 0 saturated carbocycles. The molecule has 1 N–H and O–H groups in total. The predicted molar refractivity (Wildman–Crippen MR) is 101 cm³/mol. The number of halogens is 3. The lowest BCUT2D eigenvalue weighted by molar-refractivity contribution is -0.133. The number of nitrogens with one attached hydrogen (secondary N) is 1. The Bertz CT molecular complexity index is 710. The molecule has 4 nitrogen and oxygen atoms in total. The van der Waals surface area contributed by atoms with E-state index in [2.05, 4.69) is 29.9 Å². The number of alkyl halides is 3. The molecule has 1 atom stereocenters. The van der Waals surface area contributed by atoms with Crippen molar-refractivity contribution in [3.63, 3.8) is 0 Å². The molecule has 1 aromatic carbocycles. The van der Waals surface area contributed by atoms with Crippen LogP contribution in [0, 0.1) is 0 Å². The summed E-state index contributed by atoms with van der Waals surface area (Å²) in [5.74, 6) is 0. The maximum Gasteiger partial charge on any atom is 0.390 e. The number of hydrogen-bond donors (Lipinski definition) is 1. The van der Waals surface area contributed by atoms with Crippen molar-refractivity contribution in [1.29, 1.82) is 0 Å².